The van der Waals surface area contributed by atoms with Crippen molar-refractivity contribution in [3.63, 3.8) is 0 Å². The van der Waals surface area contributed by atoms with E-state index in [2.05, 4.69) is 349 Å². The number of allylic oxidation sites excluding steroid dienone is 6. The van der Waals surface area contributed by atoms with Crippen molar-refractivity contribution in [1.29, 1.82) is 0 Å². The van der Waals surface area contributed by atoms with Crippen LogP contribution in [0.2, 0.25) is 0 Å². The summed E-state index contributed by atoms with van der Waals surface area (Å²) in [6, 6.07) is 69.4. The Kier molecular flexibility index (Phi) is 63.4. The molecule has 0 amide bonds. The molecule has 10 rings (SSSR count). The first kappa shape index (κ1) is 119. The molecule has 673 valence electrons. The maximum atomic E-state index is 5.08. The second-order valence-corrected chi connectivity index (χ2v) is 35.4. The molecule has 9 aromatic rings. The first-order valence-electron chi connectivity index (χ1n) is 45.2. The van der Waals surface area contributed by atoms with E-state index in [-0.39, 0.29) is 92.4 Å². The zero-order valence-electron chi connectivity index (χ0n) is 82.1. The van der Waals surface area contributed by atoms with Crippen LogP contribution in [-0.4, -0.2) is 30.3 Å². The summed E-state index contributed by atoms with van der Waals surface area (Å²) < 4.78 is 4.94. The predicted molar refractivity (Wildman–Crippen MR) is 532 cm³/mol. The van der Waals surface area contributed by atoms with Crippen molar-refractivity contribution < 1.29 is 97.1 Å². The van der Waals surface area contributed by atoms with E-state index in [1.165, 1.54) is 105 Å². The number of hydrogen-bond donors (Lipinski definition) is 0. The second-order valence-electron chi connectivity index (χ2n) is 35.4. The monoisotopic (exact) mass is 2400 g/mol. The van der Waals surface area contributed by atoms with Crippen LogP contribution < -0.4 is 0 Å². The predicted octanol–water partition coefficient (Wildman–Crippen LogP) is 37.2. The Morgan fingerprint density at radius 1 is 0.285 bits per heavy atom. The molecule has 123 heavy (non-hydrogen) atoms. The molecule has 11 heteroatoms. The van der Waals surface area contributed by atoms with E-state index in [1.807, 2.05) is 91.0 Å². The number of ether oxygens (including phenoxy) is 1. The van der Waals surface area contributed by atoms with Crippen LogP contribution in [0.3, 0.4) is 0 Å². The number of aliphatic imine (C=N–C) groups is 3. The van der Waals surface area contributed by atoms with E-state index < -0.39 is 0 Å². The third-order valence-corrected chi connectivity index (χ3v) is 20.5. The summed E-state index contributed by atoms with van der Waals surface area (Å²) in [5.41, 5.74) is 28.4. The summed E-state index contributed by atoms with van der Waals surface area (Å²) in [6.07, 6.45) is 14.4. The normalized spacial score (nSPS) is 12.3. The number of rotatable bonds is 27. The van der Waals surface area contributed by atoms with Gasteiger partial charge in [0.25, 0.3) is 0 Å². The van der Waals surface area contributed by atoms with Crippen molar-refractivity contribution in [2.75, 3.05) is 13.2 Å². The van der Waals surface area contributed by atoms with E-state index in [4.69, 9.17) is 35.7 Å². The number of hydrogen-bond acceptors (Lipinski definition) is 4. The summed E-state index contributed by atoms with van der Waals surface area (Å²) in [7, 11) is 0. The van der Waals surface area contributed by atoms with Crippen molar-refractivity contribution >= 4 is 51.3 Å². The van der Waals surface area contributed by atoms with Gasteiger partial charge in [0, 0.05) is 91.6 Å². The van der Waals surface area contributed by atoms with Gasteiger partial charge in [0.15, 0.2) is 0 Å². The SMILES string of the molecule is C1CCOC1.CC(/C=C(/C)[N-]c1c(C(C)C)cccc1C(C)C)=Nc1c(C(C)C)cccc1C(C)C.CC(/C=C(/C)[N-]c1c(C(C)C)cccc1C(C)C)=Nc1c(C(C)C)cccc1C(C)C.CC(/C=C(/C)[N-]c1c(C(C)C)cccc1C(C)C)=Nc1c(C(C)C)cccc1C(C)C.CCCCCC.[Re].[Re].[Re].[U+2].c1cc[cH-]c1.c1cc[cH-]c1.c1cc[cH-]c1. The smallest absolute Gasteiger partial charge is 0.661 e. The average Bonchev–Trinajstić information content (AvgIpc) is 1.63. The molecule has 7 nitrogen and oxygen atoms in total. The zero-order chi connectivity index (χ0) is 88.8. The Morgan fingerprint density at radius 3 is 0.569 bits per heavy atom. The summed E-state index contributed by atoms with van der Waals surface area (Å²) in [4.78, 5) is 15.2. The van der Waals surface area contributed by atoms with E-state index >= 15 is 0 Å². The minimum Gasteiger partial charge on any atom is -0.661 e. The van der Waals surface area contributed by atoms with Gasteiger partial charge in [-0.25, -0.2) is 36.4 Å². The average molecular weight is 2400 g/mol. The molecule has 0 aromatic heterocycles. The number of para-hydroxylation sites is 6. The topological polar surface area (TPSA) is 88.6 Å². The molecule has 1 heterocycles. The van der Waals surface area contributed by atoms with Gasteiger partial charge in [-0.1, -0.05) is 387 Å². The molecule has 0 bridgehead atoms. The van der Waals surface area contributed by atoms with Gasteiger partial charge in [-0.15, -0.1) is 17.1 Å². The number of benzene rings is 6. The van der Waals surface area contributed by atoms with Gasteiger partial charge in [0.05, 0.1) is 17.1 Å². The third-order valence-electron chi connectivity index (χ3n) is 20.5. The molecule has 9 aromatic carbocycles. The van der Waals surface area contributed by atoms with E-state index in [0.717, 1.165) is 81.6 Å². The van der Waals surface area contributed by atoms with Crippen molar-refractivity contribution in [2.45, 2.75) is 331 Å². The van der Waals surface area contributed by atoms with Gasteiger partial charge in [-0.05, 0) is 138 Å². The summed E-state index contributed by atoms with van der Waals surface area (Å²) >= 11 is 0. The standard InChI is InChI=1S/3C29H41N2.C6H14.3C5H5.C4H8O.3Re.U/c3*1-18(2)24-13-11-14-25(19(3)4)28(24)30-22(9)17-23(10)31-29-26(20(5)6)15-12-16-27(29)21(7)8;1-3-5-6-4-2;4*1-2-4-5-3-1;;;;/h3*11-21H,1-10H3;3-6H2,1-2H3;3*1-5H;1-4H2;;;;/q3*-1;;3*-1;;;;;+2/b3*22-17-,31-23?;;;;;;;;;. The fourth-order valence-corrected chi connectivity index (χ4v) is 14.0. The molecule has 0 spiro atoms. The molecule has 0 saturated carbocycles. The van der Waals surface area contributed by atoms with Gasteiger partial charge in [0.2, 0.25) is 0 Å². The largest absolute Gasteiger partial charge is 2.00 e. The van der Waals surface area contributed by atoms with Crippen molar-refractivity contribution in [3.8, 4) is 0 Å². The number of nitrogens with zero attached hydrogens (tertiary/aromatic N) is 6. The van der Waals surface area contributed by atoms with E-state index in [9.17, 15) is 0 Å². The molecule has 1 aliphatic rings. The van der Waals surface area contributed by atoms with Crippen molar-refractivity contribution in [1.82, 2.24) is 0 Å². The molecule has 0 atom stereocenters. The Balaban J connectivity index is 0. The molecule has 0 N–H and O–H groups in total. The van der Waals surface area contributed by atoms with Gasteiger partial charge >= 0.3 is 31.1 Å². The van der Waals surface area contributed by atoms with Crippen molar-refractivity contribution in [3.05, 3.63) is 318 Å². The minimum absolute atomic E-state index is 0. The fraction of sp³-hybridized carbons (Fsp3) is 0.464. The molecule has 0 aliphatic carbocycles. The summed E-state index contributed by atoms with van der Waals surface area (Å²) in [6.45, 7) is 72.6. The zero-order valence-corrected chi connectivity index (χ0v) is 94.4. The summed E-state index contributed by atoms with van der Waals surface area (Å²) in [5.74, 6) is 5.24. The first-order chi connectivity index (χ1) is 56.5. The maximum absolute atomic E-state index is 5.08. The molecule has 1 aliphatic heterocycles. The van der Waals surface area contributed by atoms with Crippen LogP contribution in [0.15, 0.2) is 250 Å². The first-order valence-corrected chi connectivity index (χ1v) is 45.2. The third kappa shape index (κ3) is 44.0. The fourth-order valence-electron chi connectivity index (χ4n) is 14.0. The number of unbranched alkanes of at least 4 members (excludes halogenated alkanes) is 3. The second kappa shape index (κ2) is 65.5. The van der Waals surface area contributed by atoms with Crippen LogP contribution in [0.25, 0.3) is 16.0 Å². The quantitative estimate of drug-likeness (QED) is 0.0287. The molecule has 0 unspecified atom stereocenters. The van der Waals surface area contributed by atoms with Crippen LogP contribution in [0.1, 0.15) is 398 Å². The van der Waals surface area contributed by atoms with Gasteiger partial charge in [0.1, 0.15) is 0 Å². The van der Waals surface area contributed by atoms with Gasteiger partial charge in [-0.2, -0.15) is 71.7 Å². The molecular weight excluding hydrogens is 2240 g/mol. The molecule has 1 fully saturated rings. The summed E-state index contributed by atoms with van der Waals surface area (Å²) in [5, 5.41) is 15.2. The van der Waals surface area contributed by atoms with Gasteiger partial charge in [-0.3, -0.25) is 15.0 Å². The van der Waals surface area contributed by atoms with E-state index in [1.54, 1.807) is 0 Å². The molecule has 3 radical (unpaired) electrons. The van der Waals surface area contributed by atoms with Crippen LogP contribution in [0, 0.1) is 31.1 Å². The van der Waals surface area contributed by atoms with Crippen LogP contribution in [-0.2, 0) is 66.0 Å². The Morgan fingerprint density at radius 2 is 0.447 bits per heavy atom. The minimum atomic E-state index is 0. The van der Waals surface area contributed by atoms with Crippen LogP contribution in [0.5, 0.6) is 0 Å². The van der Waals surface area contributed by atoms with Gasteiger partial charge < -0.3 is 20.7 Å². The van der Waals surface area contributed by atoms with Crippen LogP contribution >= 0.6 is 0 Å². The molecular formula is C112H160N6ORe3U-4. The Labute approximate surface area is 818 Å². The molecule has 1 saturated heterocycles. The van der Waals surface area contributed by atoms with E-state index in [0.29, 0.717) is 71.0 Å². The maximum Gasteiger partial charge on any atom is 2.00 e. The van der Waals surface area contributed by atoms with Crippen molar-refractivity contribution in [2.24, 2.45) is 15.0 Å². The van der Waals surface area contributed by atoms with Crippen LogP contribution in [0.4, 0.5) is 34.1 Å². The Hall–Kier alpha value is -6.00. The Bertz CT molecular complexity index is 3800.